The zero-order valence-electron chi connectivity index (χ0n) is 13.7. The molecule has 0 saturated heterocycles. The fourth-order valence-corrected chi connectivity index (χ4v) is 3.30. The molecule has 6 heteroatoms. The number of hydrogen-bond donors (Lipinski definition) is 1. The van der Waals surface area contributed by atoms with E-state index in [-0.39, 0.29) is 17.4 Å². The smallest absolute Gasteiger partial charge is 0.287 e. The van der Waals surface area contributed by atoms with Gasteiger partial charge in [-0.25, -0.2) is 0 Å². The lowest BCUT2D eigenvalue weighted by Gasteiger charge is -2.09. The highest BCUT2D eigenvalue weighted by Crippen LogP contribution is 2.17. The molecule has 1 amide bonds. The van der Waals surface area contributed by atoms with Crippen molar-refractivity contribution in [2.75, 3.05) is 27.2 Å². The lowest BCUT2D eigenvalue weighted by atomic mass is 10.2. The Balaban J connectivity index is 1.95. The van der Waals surface area contributed by atoms with Gasteiger partial charge in [-0.2, -0.15) is 0 Å². The number of likely N-dealkylation sites (N-methyl/N-ethyl adjacent to an activating group) is 1. The van der Waals surface area contributed by atoms with Crippen molar-refractivity contribution in [1.29, 1.82) is 0 Å². The molecular weight excluding hydrogens is 312 g/mol. The quantitative estimate of drug-likeness (QED) is 0.843. The highest BCUT2D eigenvalue weighted by atomic mass is 32.2. The molecule has 1 atom stereocenters. The van der Waals surface area contributed by atoms with Crippen molar-refractivity contribution in [3.63, 3.8) is 0 Å². The predicted octanol–water partition coefficient (Wildman–Crippen LogP) is 2.19. The Morgan fingerprint density at radius 3 is 2.65 bits per heavy atom. The molecule has 0 fully saturated rings. The summed E-state index contributed by atoms with van der Waals surface area (Å²) in [5, 5.41) is 2.79. The molecule has 0 saturated carbocycles. The average molecular weight is 334 g/mol. The number of hydrogen-bond acceptors (Lipinski definition) is 4. The Hall–Kier alpha value is -1.92. The number of furan rings is 1. The first-order chi connectivity index (χ1) is 11.0. The molecule has 1 N–H and O–H groups in total. The monoisotopic (exact) mass is 334 g/mol. The molecule has 0 bridgehead atoms. The number of rotatable bonds is 7. The summed E-state index contributed by atoms with van der Waals surface area (Å²) in [6.45, 7) is 3.24. The first-order valence-corrected chi connectivity index (χ1v) is 8.75. The first-order valence-electron chi connectivity index (χ1n) is 7.43. The number of nitrogens with one attached hydrogen (secondary N) is 1. The van der Waals surface area contributed by atoms with Crippen LogP contribution in [0.1, 0.15) is 21.9 Å². The van der Waals surface area contributed by atoms with Gasteiger partial charge in [-0.3, -0.25) is 9.00 Å². The van der Waals surface area contributed by atoms with E-state index >= 15 is 0 Å². The summed E-state index contributed by atoms with van der Waals surface area (Å²) < 4.78 is 17.9. The van der Waals surface area contributed by atoms with E-state index in [1.54, 1.807) is 12.1 Å². The molecule has 2 aromatic rings. The molecule has 2 rings (SSSR count). The predicted molar refractivity (Wildman–Crippen MR) is 90.9 cm³/mol. The van der Waals surface area contributed by atoms with Crippen molar-refractivity contribution in [3.05, 3.63) is 53.5 Å². The summed E-state index contributed by atoms with van der Waals surface area (Å²) in [7, 11) is 2.70. The van der Waals surface area contributed by atoms with Gasteiger partial charge in [0.25, 0.3) is 5.91 Å². The lowest BCUT2D eigenvalue weighted by Crippen LogP contribution is -2.31. The van der Waals surface area contributed by atoms with Gasteiger partial charge in [-0.05, 0) is 44.8 Å². The van der Waals surface area contributed by atoms with Crippen molar-refractivity contribution < 1.29 is 13.4 Å². The summed E-state index contributed by atoms with van der Waals surface area (Å²) in [4.78, 5) is 14.7. The normalized spacial score (nSPS) is 12.3. The van der Waals surface area contributed by atoms with Crippen LogP contribution in [0.3, 0.4) is 0 Å². The highest BCUT2D eigenvalue weighted by molar-refractivity contribution is 7.84. The molecule has 1 unspecified atom stereocenters. The second-order valence-electron chi connectivity index (χ2n) is 5.58. The van der Waals surface area contributed by atoms with Crippen LogP contribution in [0.5, 0.6) is 0 Å². The molecule has 5 nitrogen and oxygen atoms in total. The van der Waals surface area contributed by atoms with Crippen LogP contribution >= 0.6 is 0 Å². The van der Waals surface area contributed by atoms with Crippen molar-refractivity contribution in [1.82, 2.24) is 10.2 Å². The Bertz CT molecular complexity index is 695. The second-order valence-corrected chi connectivity index (χ2v) is 7.00. The minimum atomic E-state index is -1.19. The fourth-order valence-electron chi connectivity index (χ4n) is 2.08. The third-order valence-corrected chi connectivity index (χ3v) is 4.84. The summed E-state index contributed by atoms with van der Waals surface area (Å²) in [5.41, 5.74) is 0.985. The topological polar surface area (TPSA) is 62.6 Å². The molecule has 1 heterocycles. The third-order valence-electron chi connectivity index (χ3n) is 3.34. The van der Waals surface area contributed by atoms with E-state index in [1.165, 1.54) is 0 Å². The Morgan fingerprint density at radius 2 is 1.96 bits per heavy atom. The van der Waals surface area contributed by atoms with Crippen LogP contribution in [-0.2, 0) is 16.6 Å². The Labute approximate surface area is 139 Å². The van der Waals surface area contributed by atoms with Crippen molar-refractivity contribution in [2.24, 2.45) is 0 Å². The van der Waals surface area contributed by atoms with Gasteiger partial charge < -0.3 is 14.6 Å². The Morgan fingerprint density at radius 1 is 1.22 bits per heavy atom. The van der Waals surface area contributed by atoms with Crippen molar-refractivity contribution in [3.8, 4) is 0 Å². The van der Waals surface area contributed by atoms with Crippen LogP contribution in [0.15, 0.2) is 45.7 Å². The van der Waals surface area contributed by atoms with Gasteiger partial charge in [-0.15, -0.1) is 0 Å². The maximum absolute atomic E-state index is 12.4. The van der Waals surface area contributed by atoms with Gasteiger partial charge in [0, 0.05) is 18.0 Å². The van der Waals surface area contributed by atoms with E-state index in [9.17, 15) is 9.00 Å². The molecule has 0 spiro atoms. The summed E-state index contributed by atoms with van der Waals surface area (Å²) in [5.74, 6) is 0.806. The Kier molecular flexibility index (Phi) is 6.12. The van der Waals surface area contributed by atoms with Gasteiger partial charge in [0.2, 0.25) is 0 Å². The van der Waals surface area contributed by atoms with Crippen molar-refractivity contribution >= 4 is 16.7 Å². The molecule has 0 aliphatic rings. The molecule has 1 aromatic carbocycles. The largest absolute Gasteiger partial charge is 0.455 e. The first kappa shape index (κ1) is 17.4. The van der Waals surface area contributed by atoms with E-state index in [0.717, 1.165) is 17.0 Å². The molecule has 124 valence electrons. The van der Waals surface area contributed by atoms with Crippen LogP contribution < -0.4 is 5.32 Å². The SMILES string of the molecule is Cc1ccccc1S(=O)Cc1ccc(C(=O)NCCN(C)C)o1. The second kappa shape index (κ2) is 8.08. The van der Waals surface area contributed by atoms with E-state index in [2.05, 4.69) is 5.32 Å². The standard InChI is InChI=1S/C17H22N2O3S/c1-13-6-4-5-7-16(13)23(21)12-14-8-9-15(22-14)17(20)18-10-11-19(2)3/h4-9H,10-12H2,1-3H3,(H,18,20). The third kappa shape index (κ3) is 5.04. The van der Waals surface area contributed by atoms with Gasteiger partial charge in [0.1, 0.15) is 5.76 Å². The molecule has 1 aromatic heterocycles. The molecule has 23 heavy (non-hydrogen) atoms. The minimum absolute atomic E-state index is 0.250. The average Bonchev–Trinajstić information content (AvgIpc) is 2.95. The van der Waals surface area contributed by atoms with Gasteiger partial charge >= 0.3 is 0 Å². The van der Waals surface area contributed by atoms with Crippen LogP contribution in [0.2, 0.25) is 0 Å². The van der Waals surface area contributed by atoms with Gasteiger partial charge in [-0.1, -0.05) is 18.2 Å². The van der Waals surface area contributed by atoms with Crippen LogP contribution in [-0.4, -0.2) is 42.2 Å². The number of nitrogens with zero attached hydrogens (tertiary/aromatic N) is 1. The van der Waals surface area contributed by atoms with Gasteiger partial charge in [0.15, 0.2) is 5.76 Å². The molecule has 0 radical (unpaired) electrons. The zero-order valence-corrected chi connectivity index (χ0v) is 14.5. The molecule has 0 aliphatic heterocycles. The minimum Gasteiger partial charge on any atom is -0.455 e. The number of carbonyl (C=O) groups excluding carboxylic acids is 1. The maximum atomic E-state index is 12.4. The van der Waals surface area contributed by atoms with Crippen LogP contribution in [0, 0.1) is 6.92 Å². The fraction of sp³-hybridized carbons (Fsp3) is 0.353. The lowest BCUT2D eigenvalue weighted by molar-refractivity contribution is 0.0922. The summed E-state index contributed by atoms with van der Waals surface area (Å²) in [6, 6.07) is 10.9. The number of amides is 1. The van der Waals surface area contributed by atoms with Crippen LogP contribution in [0.4, 0.5) is 0 Å². The van der Waals surface area contributed by atoms with Crippen molar-refractivity contribution in [2.45, 2.75) is 17.6 Å². The number of aryl methyl sites for hydroxylation is 1. The van der Waals surface area contributed by atoms with Gasteiger partial charge in [0.05, 0.1) is 16.6 Å². The maximum Gasteiger partial charge on any atom is 0.287 e. The molecular formula is C17H22N2O3S. The van der Waals surface area contributed by atoms with Crippen LogP contribution in [0.25, 0.3) is 0 Å². The van der Waals surface area contributed by atoms with E-state index in [1.807, 2.05) is 50.2 Å². The summed E-state index contributed by atoms with van der Waals surface area (Å²) >= 11 is 0. The highest BCUT2D eigenvalue weighted by Gasteiger charge is 2.14. The zero-order chi connectivity index (χ0) is 16.8. The molecule has 0 aliphatic carbocycles. The van der Waals surface area contributed by atoms with E-state index < -0.39 is 10.8 Å². The number of benzene rings is 1. The number of carbonyl (C=O) groups is 1. The summed E-state index contributed by atoms with van der Waals surface area (Å²) in [6.07, 6.45) is 0. The van der Waals surface area contributed by atoms with E-state index in [4.69, 9.17) is 4.42 Å². The van der Waals surface area contributed by atoms with E-state index in [0.29, 0.717) is 12.3 Å².